The molecule has 2 aliphatic rings. The number of aliphatic hydroxyl groups is 1. The van der Waals surface area contributed by atoms with Gasteiger partial charge in [-0.25, -0.2) is 0 Å². The summed E-state index contributed by atoms with van der Waals surface area (Å²) in [5.74, 6) is -0.731. The molecule has 0 saturated heterocycles. The lowest BCUT2D eigenvalue weighted by atomic mass is 9.56. The van der Waals surface area contributed by atoms with Crippen molar-refractivity contribution in [1.82, 2.24) is 0 Å². The predicted molar refractivity (Wildman–Crippen MR) is 56.6 cm³/mol. The van der Waals surface area contributed by atoms with Crippen LogP contribution in [0.3, 0.4) is 0 Å². The monoisotopic (exact) mass is 226 g/mol. The molecule has 0 aromatic carbocycles. The molecule has 2 fully saturated rings. The molecule has 2 bridgehead atoms. The zero-order valence-corrected chi connectivity index (χ0v) is 9.73. The van der Waals surface area contributed by atoms with Crippen molar-refractivity contribution < 1.29 is 19.4 Å². The number of esters is 1. The molecule has 2 rings (SSSR count). The van der Waals surface area contributed by atoms with Crippen molar-refractivity contribution in [2.75, 3.05) is 7.11 Å². The number of hydrogen-bond donors (Lipinski definition) is 1. The third-order valence-corrected chi connectivity index (χ3v) is 4.18. The molecule has 0 heterocycles. The Morgan fingerprint density at radius 2 is 2.25 bits per heavy atom. The lowest BCUT2D eigenvalue weighted by Gasteiger charge is -2.47. The Kier molecular flexibility index (Phi) is 2.78. The molecule has 4 heteroatoms. The number of Topliss-reactive ketones (excluding diaryl/α,β-unsaturated/α-hetero) is 1. The first kappa shape index (κ1) is 11.6. The van der Waals surface area contributed by atoms with E-state index in [2.05, 4.69) is 0 Å². The quantitative estimate of drug-likeness (QED) is 0.533. The molecule has 1 N–H and O–H groups in total. The summed E-state index contributed by atoms with van der Waals surface area (Å²) >= 11 is 0. The summed E-state index contributed by atoms with van der Waals surface area (Å²) < 4.78 is 4.74. The zero-order chi connectivity index (χ0) is 11.9. The van der Waals surface area contributed by atoms with E-state index in [1.807, 2.05) is 6.92 Å². The smallest absolute Gasteiger partial charge is 0.322 e. The number of methoxy groups -OCH3 is 1. The van der Waals surface area contributed by atoms with Gasteiger partial charge in [-0.05, 0) is 25.2 Å². The second-order valence-corrected chi connectivity index (χ2v) is 5.07. The molecule has 2 saturated carbocycles. The van der Waals surface area contributed by atoms with E-state index in [9.17, 15) is 14.7 Å². The Hall–Kier alpha value is -0.900. The molecular formula is C12H18O4. The van der Waals surface area contributed by atoms with Crippen molar-refractivity contribution in [1.29, 1.82) is 0 Å². The summed E-state index contributed by atoms with van der Waals surface area (Å²) in [5, 5.41) is 10.2. The summed E-state index contributed by atoms with van der Waals surface area (Å²) in [6.45, 7) is 1.90. The van der Waals surface area contributed by atoms with E-state index in [0.717, 1.165) is 12.8 Å². The highest BCUT2D eigenvalue weighted by atomic mass is 16.5. The Morgan fingerprint density at radius 3 is 2.88 bits per heavy atom. The highest BCUT2D eigenvalue weighted by molar-refractivity contribution is 6.06. The van der Waals surface area contributed by atoms with Gasteiger partial charge < -0.3 is 9.84 Å². The second-order valence-electron chi connectivity index (χ2n) is 5.07. The molecule has 0 aliphatic heterocycles. The van der Waals surface area contributed by atoms with Crippen molar-refractivity contribution in [3.05, 3.63) is 0 Å². The first-order valence-corrected chi connectivity index (χ1v) is 5.85. The standard InChI is InChI=1S/C12H18O4/c1-7-6-8-4-3-5-12(9(7)13,10(8)14)11(15)16-2/h7-9,13H,3-6H2,1-2H3. The highest BCUT2D eigenvalue weighted by Crippen LogP contribution is 2.49. The molecule has 16 heavy (non-hydrogen) atoms. The normalized spacial score (nSPS) is 42.9. The molecule has 4 unspecified atom stereocenters. The van der Waals surface area contributed by atoms with Crippen molar-refractivity contribution in [3.63, 3.8) is 0 Å². The number of carbonyl (C=O) groups is 2. The van der Waals surface area contributed by atoms with Crippen LogP contribution in [0.5, 0.6) is 0 Å². The minimum Gasteiger partial charge on any atom is -0.468 e. The fourth-order valence-corrected chi connectivity index (χ4v) is 3.33. The van der Waals surface area contributed by atoms with E-state index >= 15 is 0 Å². The summed E-state index contributed by atoms with van der Waals surface area (Å²) in [6, 6.07) is 0. The minimum atomic E-state index is -1.27. The van der Waals surface area contributed by atoms with E-state index < -0.39 is 17.5 Å². The Morgan fingerprint density at radius 1 is 1.56 bits per heavy atom. The topological polar surface area (TPSA) is 63.6 Å². The van der Waals surface area contributed by atoms with Crippen LogP contribution in [0.2, 0.25) is 0 Å². The third-order valence-electron chi connectivity index (χ3n) is 4.18. The van der Waals surface area contributed by atoms with Gasteiger partial charge in [0.25, 0.3) is 0 Å². The van der Waals surface area contributed by atoms with Crippen LogP contribution in [0.4, 0.5) is 0 Å². The maximum Gasteiger partial charge on any atom is 0.322 e. The fourth-order valence-electron chi connectivity index (χ4n) is 3.33. The maximum atomic E-state index is 12.2. The summed E-state index contributed by atoms with van der Waals surface area (Å²) in [7, 11) is 1.28. The van der Waals surface area contributed by atoms with E-state index in [1.54, 1.807) is 0 Å². The van der Waals surface area contributed by atoms with Crippen molar-refractivity contribution in [2.24, 2.45) is 17.3 Å². The molecular weight excluding hydrogens is 208 g/mol. The lowest BCUT2D eigenvalue weighted by molar-refractivity contribution is -0.180. The molecule has 2 aliphatic carbocycles. The molecule has 90 valence electrons. The number of carbonyl (C=O) groups excluding carboxylic acids is 2. The van der Waals surface area contributed by atoms with E-state index in [1.165, 1.54) is 7.11 Å². The fraction of sp³-hybridized carbons (Fsp3) is 0.833. The van der Waals surface area contributed by atoms with Gasteiger partial charge in [-0.15, -0.1) is 0 Å². The molecule has 0 amide bonds. The minimum absolute atomic E-state index is 0.0119. The molecule has 4 atom stereocenters. The number of aliphatic hydroxyl groups excluding tert-OH is 1. The number of rotatable bonds is 1. The van der Waals surface area contributed by atoms with Crippen LogP contribution in [0, 0.1) is 17.3 Å². The van der Waals surface area contributed by atoms with E-state index in [-0.39, 0.29) is 17.6 Å². The SMILES string of the molecule is COC(=O)C12CCCC(CC(C)C1O)C2=O. The summed E-state index contributed by atoms with van der Waals surface area (Å²) in [5.41, 5.74) is -1.27. The summed E-state index contributed by atoms with van der Waals surface area (Å²) in [4.78, 5) is 24.1. The zero-order valence-electron chi connectivity index (χ0n) is 9.73. The largest absolute Gasteiger partial charge is 0.468 e. The van der Waals surface area contributed by atoms with Crippen LogP contribution < -0.4 is 0 Å². The number of ether oxygens (including phenoxy) is 1. The van der Waals surface area contributed by atoms with Crippen LogP contribution in [-0.4, -0.2) is 30.1 Å². The van der Waals surface area contributed by atoms with E-state index in [4.69, 9.17) is 4.74 Å². The Balaban J connectivity index is 2.43. The van der Waals surface area contributed by atoms with Crippen LogP contribution in [0.15, 0.2) is 0 Å². The van der Waals surface area contributed by atoms with Gasteiger partial charge in [0.1, 0.15) is 0 Å². The molecule has 0 radical (unpaired) electrons. The maximum absolute atomic E-state index is 12.2. The number of ketones is 1. The van der Waals surface area contributed by atoms with Crippen molar-refractivity contribution in [2.45, 2.75) is 38.7 Å². The van der Waals surface area contributed by atoms with Gasteiger partial charge in [-0.3, -0.25) is 9.59 Å². The third kappa shape index (κ3) is 1.32. The highest BCUT2D eigenvalue weighted by Gasteiger charge is 2.60. The van der Waals surface area contributed by atoms with Crippen LogP contribution >= 0.6 is 0 Å². The molecule has 0 aromatic rings. The van der Waals surface area contributed by atoms with Gasteiger partial charge in [-0.1, -0.05) is 13.3 Å². The van der Waals surface area contributed by atoms with Gasteiger partial charge in [0.2, 0.25) is 0 Å². The molecule has 4 nitrogen and oxygen atoms in total. The first-order valence-electron chi connectivity index (χ1n) is 5.85. The van der Waals surface area contributed by atoms with Gasteiger partial charge in [0, 0.05) is 5.92 Å². The van der Waals surface area contributed by atoms with Gasteiger partial charge in [0.15, 0.2) is 11.2 Å². The van der Waals surface area contributed by atoms with Crippen molar-refractivity contribution in [3.8, 4) is 0 Å². The average Bonchev–Trinajstić information content (AvgIpc) is 2.28. The van der Waals surface area contributed by atoms with Crippen LogP contribution in [0.25, 0.3) is 0 Å². The molecule has 0 spiro atoms. The number of hydrogen-bond acceptors (Lipinski definition) is 4. The van der Waals surface area contributed by atoms with Gasteiger partial charge in [-0.2, -0.15) is 0 Å². The molecule has 0 aromatic heterocycles. The van der Waals surface area contributed by atoms with Crippen LogP contribution in [0.1, 0.15) is 32.6 Å². The van der Waals surface area contributed by atoms with Gasteiger partial charge in [0.05, 0.1) is 13.2 Å². The second kappa shape index (κ2) is 3.84. The van der Waals surface area contributed by atoms with Gasteiger partial charge >= 0.3 is 5.97 Å². The van der Waals surface area contributed by atoms with E-state index in [0.29, 0.717) is 12.8 Å². The summed E-state index contributed by atoms with van der Waals surface area (Å²) in [6.07, 6.45) is 1.90. The van der Waals surface area contributed by atoms with Crippen LogP contribution in [-0.2, 0) is 14.3 Å². The Labute approximate surface area is 95.0 Å². The lowest BCUT2D eigenvalue weighted by Crippen LogP contribution is -2.59. The predicted octanol–water partition coefficient (Wildman–Crippen LogP) is 0.916. The average molecular weight is 226 g/mol. The first-order chi connectivity index (χ1) is 7.54. The van der Waals surface area contributed by atoms with Crippen molar-refractivity contribution >= 4 is 11.8 Å². The number of fused-ring (bicyclic) bond motifs is 2. The Bertz CT molecular complexity index is 325.